The van der Waals surface area contributed by atoms with E-state index in [4.69, 9.17) is 22.1 Å². The number of nitrogens with zero attached hydrogens (tertiary/aromatic N) is 1. The van der Waals surface area contributed by atoms with Gasteiger partial charge in [-0.3, -0.25) is 4.90 Å². The van der Waals surface area contributed by atoms with Gasteiger partial charge in [0.05, 0.1) is 6.61 Å². The molecular weight excluding hydrogens is 272 g/mol. The molecule has 0 bridgehead atoms. The van der Waals surface area contributed by atoms with Crippen LogP contribution in [-0.2, 0) is 13.0 Å². The van der Waals surface area contributed by atoms with Crippen LogP contribution in [0.5, 0.6) is 5.75 Å². The van der Waals surface area contributed by atoms with Crippen LogP contribution in [0.25, 0.3) is 0 Å². The Balaban J connectivity index is 2.16. The average molecular weight is 297 g/mol. The van der Waals surface area contributed by atoms with Crippen LogP contribution in [-0.4, -0.2) is 31.1 Å². The second-order valence-corrected chi connectivity index (χ2v) is 6.76. The Labute approximate surface area is 127 Å². The first-order valence-electron chi connectivity index (χ1n) is 7.31. The Bertz CT molecular complexity index is 474. The van der Waals surface area contributed by atoms with Crippen molar-refractivity contribution in [1.82, 2.24) is 4.90 Å². The topological polar surface area (TPSA) is 38.5 Å². The van der Waals surface area contributed by atoms with Gasteiger partial charge in [-0.15, -0.1) is 0 Å². The van der Waals surface area contributed by atoms with Crippen molar-refractivity contribution >= 4 is 11.6 Å². The Morgan fingerprint density at radius 3 is 2.80 bits per heavy atom. The average Bonchev–Trinajstić information content (AvgIpc) is 2.85. The lowest BCUT2D eigenvalue weighted by Gasteiger charge is -2.31. The van der Waals surface area contributed by atoms with Crippen LogP contribution in [0.1, 0.15) is 31.9 Å². The molecule has 2 rings (SSSR count). The maximum atomic E-state index is 6.22. The van der Waals surface area contributed by atoms with Gasteiger partial charge in [0.25, 0.3) is 0 Å². The third kappa shape index (κ3) is 3.66. The Hall–Kier alpha value is -0.770. The van der Waals surface area contributed by atoms with Crippen molar-refractivity contribution < 1.29 is 4.74 Å². The summed E-state index contributed by atoms with van der Waals surface area (Å²) in [6, 6.07) is 4.05. The Morgan fingerprint density at radius 1 is 1.40 bits per heavy atom. The molecule has 1 aliphatic rings. The molecule has 0 unspecified atom stereocenters. The lowest BCUT2D eigenvalue weighted by Crippen LogP contribution is -2.38. The predicted octanol–water partition coefficient (Wildman–Crippen LogP) is 3.08. The highest BCUT2D eigenvalue weighted by molar-refractivity contribution is 6.30. The van der Waals surface area contributed by atoms with E-state index in [9.17, 15) is 0 Å². The van der Waals surface area contributed by atoms with Gasteiger partial charge in [0.15, 0.2) is 0 Å². The van der Waals surface area contributed by atoms with E-state index in [1.165, 1.54) is 11.1 Å². The molecule has 0 saturated heterocycles. The van der Waals surface area contributed by atoms with E-state index >= 15 is 0 Å². The van der Waals surface area contributed by atoms with Gasteiger partial charge in [0.2, 0.25) is 0 Å². The van der Waals surface area contributed by atoms with Crippen LogP contribution < -0.4 is 10.5 Å². The third-order valence-electron chi connectivity index (χ3n) is 3.87. The zero-order chi connectivity index (χ0) is 14.8. The van der Waals surface area contributed by atoms with Crippen LogP contribution in [0.3, 0.4) is 0 Å². The zero-order valence-corrected chi connectivity index (χ0v) is 13.5. The van der Waals surface area contributed by atoms with Gasteiger partial charge in [-0.25, -0.2) is 0 Å². The van der Waals surface area contributed by atoms with Gasteiger partial charge in [0, 0.05) is 30.1 Å². The van der Waals surface area contributed by atoms with Crippen molar-refractivity contribution in [3.63, 3.8) is 0 Å². The van der Waals surface area contributed by atoms with E-state index in [-0.39, 0.29) is 5.41 Å². The summed E-state index contributed by atoms with van der Waals surface area (Å²) in [5.74, 6) is 1.04. The lowest BCUT2D eigenvalue weighted by molar-refractivity contribution is 0.181. The summed E-state index contributed by atoms with van der Waals surface area (Å²) in [5.41, 5.74) is 8.40. The molecule has 0 aromatic heterocycles. The molecule has 0 amide bonds. The van der Waals surface area contributed by atoms with E-state index in [0.29, 0.717) is 6.54 Å². The molecule has 20 heavy (non-hydrogen) atoms. The number of nitrogens with two attached hydrogens (primary N) is 1. The fraction of sp³-hybridized carbons (Fsp3) is 0.625. The summed E-state index contributed by atoms with van der Waals surface area (Å²) in [6.07, 6.45) is 0.962. The summed E-state index contributed by atoms with van der Waals surface area (Å²) in [7, 11) is 0. The molecule has 0 aliphatic carbocycles. The molecule has 1 aromatic carbocycles. The van der Waals surface area contributed by atoms with Gasteiger partial charge < -0.3 is 10.5 Å². The van der Waals surface area contributed by atoms with Crippen molar-refractivity contribution in [1.29, 1.82) is 0 Å². The summed E-state index contributed by atoms with van der Waals surface area (Å²) < 4.78 is 5.78. The second-order valence-electron chi connectivity index (χ2n) is 6.32. The molecule has 2 N–H and O–H groups in total. The van der Waals surface area contributed by atoms with Crippen molar-refractivity contribution in [2.75, 3.05) is 26.2 Å². The number of ether oxygens (including phenoxy) is 1. The van der Waals surface area contributed by atoms with E-state index in [2.05, 4.69) is 25.7 Å². The van der Waals surface area contributed by atoms with Crippen molar-refractivity contribution in [3.05, 3.63) is 28.3 Å². The van der Waals surface area contributed by atoms with Crippen LogP contribution in [0.15, 0.2) is 12.1 Å². The molecule has 112 valence electrons. The second kappa shape index (κ2) is 6.33. The minimum absolute atomic E-state index is 0.124. The van der Waals surface area contributed by atoms with Gasteiger partial charge in [-0.05, 0) is 36.2 Å². The maximum absolute atomic E-state index is 6.22. The van der Waals surface area contributed by atoms with Crippen molar-refractivity contribution in [3.8, 4) is 5.75 Å². The summed E-state index contributed by atoms with van der Waals surface area (Å²) in [4.78, 5) is 2.40. The first-order valence-corrected chi connectivity index (χ1v) is 7.69. The number of hydrogen-bond acceptors (Lipinski definition) is 3. The van der Waals surface area contributed by atoms with Gasteiger partial charge in [0.1, 0.15) is 5.75 Å². The van der Waals surface area contributed by atoms with Crippen molar-refractivity contribution in [2.24, 2.45) is 11.1 Å². The first kappa shape index (κ1) is 15.6. The largest absolute Gasteiger partial charge is 0.493 e. The molecule has 0 spiro atoms. The minimum Gasteiger partial charge on any atom is -0.493 e. The molecule has 0 saturated carbocycles. The summed E-state index contributed by atoms with van der Waals surface area (Å²) in [5, 5.41) is 0.804. The monoisotopic (exact) mass is 296 g/mol. The van der Waals surface area contributed by atoms with Crippen LogP contribution in [0.2, 0.25) is 5.02 Å². The molecule has 0 atom stereocenters. The van der Waals surface area contributed by atoms with Gasteiger partial charge in [-0.2, -0.15) is 0 Å². The maximum Gasteiger partial charge on any atom is 0.127 e. The summed E-state index contributed by atoms with van der Waals surface area (Å²) in [6.45, 7) is 10.9. The Kier molecular flexibility index (Phi) is 4.95. The first-order chi connectivity index (χ1) is 9.45. The van der Waals surface area contributed by atoms with E-state index in [1.54, 1.807) is 0 Å². The van der Waals surface area contributed by atoms with Crippen LogP contribution in [0, 0.1) is 5.41 Å². The Morgan fingerprint density at radius 2 is 2.15 bits per heavy atom. The normalized spacial score (nSPS) is 14.5. The summed E-state index contributed by atoms with van der Waals surface area (Å²) >= 11 is 6.22. The highest BCUT2D eigenvalue weighted by atomic mass is 35.5. The van der Waals surface area contributed by atoms with E-state index in [1.807, 2.05) is 12.1 Å². The standard InChI is InChI=1S/C16H25ClN2O/c1-4-19(11-16(2,3)10-18)9-13-8-14(17)7-12-5-6-20-15(12)13/h7-8H,4-6,9-11,18H2,1-3H3. The fourth-order valence-corrected chi connectivity index (χ4v) is 2.92. The quantitative estimate of drug-likeness (QED) is 0.877. The molecular formula is C16H25ClN2O. The zero-order valence-electron chi connectivity index (χ0n) is 12.7. The highest BCUT2D eigenvalue weighted by Gasteiger charge is 2.22. The number of hydrogen-bond donors (Lipinski definition) is 1. The van der Waals surface area contributed by atoms with E-state index < -0.39 is 0 Å². The van der Waals surface area contributed by atoms with E-state index in [0.717, 1.165) is 43.4 Å². The lowest BCUT2D eigenvalue weighted by atomic mass is 9.93. The SMILES string of the molecule is CCN(Cc1cc(Cl)cc2c1OCC2)CC(C)(C)CN. The highest BCUT2D eigenvalue weighted by Crippen LogP contribution is 2.34. The van der Waals surface area contributed by atoms with Crippen LogP contribution >= 0.6 is 11.6 Å². The third-order valence-corrected chi connectivity index (χ3v) is 4.09. The molecule has 4 heteroatoms. The van der Waals surface area contributed by atoms with Crippen molar-refractivity contribution in [2.45, 2.75) is 33.7 Å². The number of rotatable bonds is 6. The molecule has 3 nitrogen and oxygen atoms in total. The minimum atomic E-state index is 0.124. The fourth-order valence-electron chi connectivity index (χ4n) is 2.65. The molecule has 0 fully saturated rings. The molecule has 1 aliphatic heterocycles. The smallest absolute Gasteiger partial charge is 0.127 e. The number of fused-ring (bicyclic) bond motifs is 1. The molecule has 1 aromatic rings. The number of benzene rings is 1. The molecule has 1 heterocycles. The van der Waals surface area contributed by atoms with Gasteiger partial charge >= 0.3 is 0 Å². The van der Waals surface area contributed by atoms with Gasteiger partial charge in [-0.1, -0.05) is 32.4 Å². The predicted molar refractivity (Wildman–Crippen MR) is 84.4 cm³/mol. The number of halogens is 1. The van der Waals surface area contributed by atoms with Crippen LogP contribution in [0.4, 0.5) is 0 Å². The molecule has 0 radical (unpaired) electrons.